The van der Waals surface area contributed by atoms with Gasteiger partial charge in [-0.2, -0.15) is 13.2 Å². The van der Waals surface area contributed by atoms with Crippen LogP contribution in [0.25, 0.3) is 0 Å². The molecular formula is C19H21F3N4O4S. The average Bonchev–Trinajstić information content (AvgIpc) is 3.43. The van der Waals surface area contributed by atoms with Gasteiger partial charge in [-0.15, -0.1) is 11.3 Å². The molecule has 0 spiro atoms. The van der Waals surface area contributed by atoms with Crippen LogP contribution in [-0.2, 0) is 20.9 Å². The Balaban J connectivity index is 0.000000339. The van der Waals surface area contributed by atoms with Gasteiger partial charge in [0.2, 0.25) is 11.9 Å². The van der Waals surface area contributed by atoms with Crippen molar-refractivity contribution in [1.29, 1.82) is 0 Å². The Hall–Kier alpha value is -2.73. The minimum Gasteiger partial charge on any atom is -0.475 e. The first-order valence-corrected chi connectivity index (χ1v) is 10.4. The number of hydrogen-bond acceptors (Lipinski definition) is 7. The van der Waals surface area contributed by atoms with E-state index in [4.69, 9.17) is 14.6 Å². The van der Waals surface area contributed by atoms with E-state index in [1.807, 2.05) is 23.6 Å². The van der Waals surface area contributed by atoms with E-state index in [2.05, 4.69) is 20.2 Å². The zero-order chi connectivity index (χ0) is 22.4. The number of halogens is 3. The number of fused-ring (bicyclic) bond motifs is 1. The summed E-state index contributed by atoms with van der Waals surface area (Å²) >= 11 is 1.66. The third-order valence-corrected chi connectivity index (χ3v) is 5.72. The van der Waals surface area contributed by atoms with Crippen LogP contribution in [0.4, 0.5) is 19.1 Å². The Morgan fingerprint density at radius 1 is 1.26 bits per heavy atom. The molecule has 0 bridgehead atoms. The van der Waals surface area contributed by atoms with E-state index in [0.717, 1.165) is 25.5 Å². The van der Waals surface area contributed by atoms with Crippen LogP contribution >= 0.6 is 11.3 Å². The highest BCUT2D eigenvalue weighted by Crippen LogP contribution is 2.35. The third kappa shape index (κ3) is 6.62. The molecule has 2 aliphatic heterocycles. The number of carbonyl (C=O) groups is 2. The van der Waals surface area contributed by atoms with Gasteiger partial charge in [-0.25, -0.2) is 14.8 Å². The van der Waals surface area contributed by atoms with Crippen molar-refractivity contribution < 1.29 is 32.6 Å². The maximum Gasteiger partial charge on any atom is 0.490 e. The maximum absolute atomic E-state index is 12.1. The molecule has 3 atom stereocenters. The van der Waals surface area contributed by atoms with Gasteiger partial charge in [-0.05, 0) is 23.9 Å². The molecule has 2 aromatic heterocycles. The summed E-state index contributed by atoms with van der Waals surface area (Å²) in [5.41, 5.74) is 0. The van der Waals surface area contributed by atoms with Crippen LogP contribution in [0.3, 0.4) is 0 Å². The van der Waals surface area contributed by atoms with Crippen LogP contribution in [0.5, 0.6) is 0 Å². The topological polar surface area (TPSA) is 105 Å². The zero-order valence-corrected chi connectivity index (χ0v) is 17.1. The van der Waals surface area contributed by atoms with E-state index in [0.29, 0.717) is 18.9 Å². The van der Waals surface area contributed by atoms with E-state index in [1.54, 1.807) is 23.7 Å². The van der Waals surface area contributed by atoms with Gasteiger partial charge in [-0.3, -0.25) is 4.79 Å². The molecule has 0 radical (unpaired) electrons. The molecule has 2 N–H and O–H groups in total. The number of nitrogens with zero attached hydrogens (tertiary/aromatic N) is 3. The molecule has 31 heavy (non-hydrogen) atoms. The highest BCUT2D eigenvalue weighted by atomic mass is 32.1. The molecular weight excluding hydrogens is 437 g/mol. The van der Waals surface area contributed by atoms with Gasteiger partial charge in [0.25, 0.3) is 0 Å². The summed E-state index contributed by atoms with van der Waals surface area (Å²) in [6.45, 7) is 2.32. The summed E-state index contributed by atoms with van der Waals surface area (Å²) in [5, 5.41) is 12.1. The second-order valence-electron chi connectivity index (χ2n) is 7.11. The average molecular weight is 458 g/mol. The molecule has 4 heterocycles. The van der Waals surface area contributed by atoms with Crippen LogP contribution in [0.2, 0.25) is 0 Å². The van der Waals surface area contributed by atoms with E-state index in [9.17, 15) is 18.0 Å². The third-order valence-electron chi connectivity index (χ3n) is 4.84. The number of carbonyl (C=O) groups excluding carboxylic acids is 1. The maximum atomic E-state index is 12.1. The molecule has 2 aromatic rings. The van der Waals surface area contributed by atoms with Crippen LogP contribution in [-0.4, -0.2) is 58.4 Å². The lowest BCUT2D eigenvalue weighted by Crippen LogP contribution is -2.29. The van der Waals surface area contributed by atoms with Crippen molar-refractivity contribution in [3.63, 3.8) is 0 Å². The summed E-state index contributed by atoms with van der Waals surface area (Å²) in [6.07, 6.45) is 0.0301. The van der Waals surface area contributed by atoms with Crippen molar-refractivity contribution in [1.82, 2.24) is 15.3 Å². The van der Waals surface area contributed by atoms with Gasteiger partial charge in [0.1, 0.15) is 0 Å². The molecule has 0 unspecified atom stereocenters. The first-order valence-electron chi connectivity index (χ1n) is 9.49. The van der Waals surface area contributed by atoms with Gasteiger partial charge in [0.15, 0.2) is 0 Å². The van der Waals surface area contributed by atoms with E-state index in [1.165, 1.54) is 4.88 Å². The highest BCUT2D eigenvalue weighted by molar-refractivity contribution is 7.09. The number of nitrogens with one attached hydrogen (secondary N) is 1. The fourth-order valence-electron chi connectivity index (χ4n) is 3.49. The molecule has 0 aliphatic carbocycles. The number of alkyl halides is 3. The second-order valence-corrected chi connectivity index (χ2v) is 8.14. The number of rotatable bonds is 5. The number of ether oxygens (including phenoxy) is 1. The molecule has 168 valence electrons. The van der Waals surface area contributed by atoms with E-state index in [-0.39, 0.29) is 18.1 Å². The summed E-state index contributed by atoms with van der Waals surface area (Å²) < 4.78 is 37.8. The van der Waals surface area contributed by atoms with Gasteiger partial charge in [0.05, 0.1) is 25.2 Å². The fourth-order valence-corrected chi connectivity index (χ4v) is 4.13. The highest BCUT2D eigenvalue weighted by Gasteiger charge is 2.43. The summed E-state index contributed by atoms with van der Waals surface area (Å²) in [5.74, 6) is -1.46. The molecule has 8 nitrogen and oxygen atoms in total. The normalized spacial score (nSPS) is 22.4. The van der Waals surface area contributed by atoms with Gasteiger partial charge in [0, 0.05) is 36.3 Å². The number of carboxylic acid groups (broad SMARTS) is 1. The molecule has 2 saturated heterocycles. The zero-order valence-electron chi connectivity index (χ0n) is 16.3. The smallest absolute Gasteiger partial charge is 0.475 e. The molecule has 12 heteroatoms. The van der Waals surface area contributed by atoms with Crippen molar-refractivity contribution in [2.45, 2.75) is 37.8 Å². The van der Waals surface area contributed by atoms with Crippen LogP contribution < -0.4 is 10.2 Å². The molecule has 2 fully saturated rings. The second kappa shape index (κ2) is 10.1. The van der Waals surface area contributed by atoms with Crippen LogP contribution in [0.1, 0.15) is 17.7 Å². The lowest BCUT2D eigenvalue weighted by Gasteiger charge is -2.18. The standard InChI is InChI=1S/C17H20N4O2S.C2HF3O2/c22-16(20-9-14-3-1-6-24-14)8-13-7-12-10-21(11-15(12)23-13)17-18-4-2-5-19-17;3-2(4,5)1(6)7/h1-6,12-13,15H,7-11H2,(H,20,22);(H,6,7)/t12-,13+,15+;/m0./s1. The van der Waals surface area contributed by atoms with Gasteiger partial charge in [-0.1, -0.05) is 6.07 Å². The van der Waals surface area contributed by atoms with Crippen molar-refractivity contribution in [3.8, 4) is 0 Å². The Morgan fingerprint density at radius 3 is 2.55 bits per heavy atom. The number of amides is 1. The Labute approximate surface area is 180 Å². The van der Waals surface area contributed by atoms with Crippen molar-refractivity contribution >= 4 is 29.2 Å². The summed E-state index contributed by atoms with van der Waals surface area (Å²) in [7, 11) is 0. The number of thiophene rings is 1. The summed E-state index contributed by atoms with van der Waals surface area (Å²) in [6, 6.07) is 5.85. The number of aliphatic carboxylic acids is 1. The van der Waals surface area contributed by atoms with Gasteiger partial charge < -0.3 is 20.1 Å². The number of anilines is 1. The Morgan fingerprint density at radius 2 is 1.97 bits per heavy atom. The molecule has 4 rings (SSSR count). The van der Waals surface area contributed by atoms with E-state index >= 15 is 0 Å². The molecule has 1 amide bonds. The predicted octanol–water partition coefficient (Wildman–Crippen LogP) is 2.47. The minimum atomic E-state index is -5.08. The summed E-state index contributed by atoms with van der Waals surface area (Å²) in [4.78, 5) is 32.9. The first-order chi connectivity index (χ1) is 14.7. The van der Waals surface area contributed by atoms with Crippen molar-refractivity contribution in [3.05, 3.63) is 40.8 Å². The predicted molar refractivity (Wildman–Crippen MR) is 105 cm³/mol. The quantitative estimate of drug-likeness (QED) is 0.709. The largest absolute Gasteiger partial charge is 0.490 e. The molecule has 2 aliphatic rings. The fraction of sp³-hybridized carbons (Fsp3) is 0.474. The first kappa shape index (κ1) is 22.9. The number of carboxylic acids is 1. The van der Waals surface area contributed by atoms with Crippen molar-refractivity contribution in [2.75, 3.05) is 18.0 Å². The number of aromatic nitrogens is 2. The van der Waals surface area contributed by atoms with Crippen molar-refractivity contribution in [2.24, 2.45) is 5.92 Å². The molecule has 0 saturated carbocycles. The lowest BCUT2D eigenvalue weighted by molar-refractivity contribution is -0.192. The minimum absolute atomic E-state index is 0.0298. The Kier molecular flexibility index (Phi) is 7.44. The van der Waals surface area contributed by atoms with Crippen LogP contribution in [0.15, 0.2) is 36.0 Å². The molecule has 0 aromatic carbocycles. The lowest BCUT2D eigenvalue weighted by atomic mass is 10.0. The number of hydrogen-bond donors (Lipinski definition) is 2. The van der Waals surface area contributed by atoms with Gasteiger partial charge >= 0.3 is 12.1 Å². The van der Waals surface area contributed by atoms with Crippen LogP contribution in [0, 0.1) is 5.92 Å². The SMILES string of the molecule is O=C(C[C@H]1C[C@H]2CN(c3ncccn3)C[C@H]2O1)NCc1cccs1.O=C(O)C(F)(F)F. The Bertz CT molecular complexity index is 853. The van der Waals surface area contributed by atoms with E-state index < -0.39 is 12.1 Å². The monoisotopic (exact) mass is 458 g/mol.